The third kappa shape index (κ3) is 7.54. The number of carbonyl (C=O) groups excluding carboxylic acids is 1. The van der Waals surface area contributed by atoms with Crippen LogP contribution < -0.4 is 33.8 Å². The van der Waals surface area contributed by atoms with Gasteiger partial charge in [-0.3, -0.25) is 9.36 Å². The maximum absolute atomic E-state index is 14.4. The van der Waals surface area contributed by atoms with Gasteiger partial charge in [-0.2, -0.15) is 0 Å². The van der Waals surface area contributed by atoms with E-state index >= 15 is 0 Å². The molecule has 0 N–H and O–H groups in total. The SMILES string of the molecule is CCOC(=O)C1=C(C)N=c2s/c(=C/c3cc(I)cc(OC)c3OCc3ccc(Cl)cc3Cl)c(=O)n2[C@H]1c1ccc(OC(C)C)c(OC)c1. The van der Waals surface area contributed by atoms with Gasteiger partial charge >= 0.3 is 5.97 Å². The van der Waals surface area contributed by atoms with Crippen LogP contribution in [0.3, 0.4) is 0 Å². The maximum Gasteiger partial charge on any atom is 0.338 e. The molecule has 13 heteroatoms. The van der Waals surface area contributed by atoms with Crippen LogP contribution in [0, 0.1) is 3.57 Å². The van der Waals surface area contributed by atoms with Crippen molar-refractivity contribution in [3.8, 4) is 23.0 Å². The quantitative estimate of drug-likeness (QED) is 0.118. The molecule has 9 nitrogen and oxygen atoms in total. The first-order chi connectivity index (χ1) is 22.9. The van der Waals surface area contributed by atoms with Crippen LogP contribution in [0.4, 0.5) is 0 Å². The Balaban J connectivity index is 1.67. The second kappa shape index (κ2) is 15.4. The maximum atomic E-state index is 14.4. The molecular weight excluding hydrogens is 790 g/mol. The highest BCUT2D eigenvalue weighted by molar-refractivity contribution is 14.1. The molecule has 2 heterocycles. The van der Waals surface area contributed by atoms with E-state index in [9.17, 15) is 9.59 Å². The van der Waals surface area contributed by atoms with Gasteiger partial charge in [-0.05, 0) is 98.3 Å². The molecule has 4 aromatic rings. The van der Waals surface area contributed by atoms with Crippen LogP contribution in [0.25, 0.3) is 6.08 Å². The fourth-order valence-electron chi connectivity index (χ4n) is 5.24. The van der Waals surface area contributed by atoms with E-state index in [-0.39, 0.29) is 30.5 Å². The number of esters is 1. The summed E-state index contributed by atoms with van der Waals surface area (Å²) in [5.41, 5.74) is 2.34. The Hall–Kier alpha value is -3.52. The Morgan fingerprint density at radius 3 is 2.48 bits per heavy atom. The third-order valence-corrected chi connectivity index (χ3v) is 9.52. The molecule has 5 rings (SSSR count). The average molecular weight is 824 g/mol. The molecule has 0 fully saturated rings. The number of methoxy groups -OCH3 is 2. The first kappa shape index (κ1) is 35.8. The minimum atomic E-state index is -0.835. The van der Waals surface area contributed by atoms with Crippen molar-refractivity contribution < 1.29 is 28.5 Å². The number of carbonyl (C=O) groups is 1. The molecule has 1 aliphatic heterocycles. The summed E-state index contributed by atoms with van der Waals surface area (Å²) in [5.74, 6) is 1.37. The summed E-state index contributed by atoms with van der Waals surface area (Å²) >= 11 is 15.9. The second-order valence-corrected chi connectivity index (χ2v) is 14.0. The monoisotopic (exact) mass is 822 g/mol. The molecule has 0 aliphatic carbocycles. The van der Waals surface area contributed by atoms with Gasteiger partial charge in [0.05, 0.1) is 48.8 Å². The summed E-state index contributed by atoms with van der Waals surface area (Å²) < 4.78 is 31.7. The first-order valence-corrected chi connectivity index (χ1v) is 17.6. The van der Waals surface area contributed by atoms with Crippen molar-refractivity contribution in [1.29, 1.82) is 0 Å². The molecule has 0 saturated heterocycles. The number of fused-ring (bicyclic) bond motifs is 1. The van der Waals surface area contributed by atoms with Crippen molar-refractivity contribution in [3.63, 3.8) is 0 Å². The number of hydrogen-bond donors (Lipinski definition) is 0. The zero-order valence-electron chi connectivity index (χ0n) is 27.1. The molecule has 0 spiro atoms. The lowest BCUT2D eigenvalue weighted by Crippen LogP contribution is -2.40. The number of thiazole rings is 1. The molecule has 252 valence electrons. The van der Waals surface area contributed by atoms with Crippen molar-refractivity contribution in [2.24, 2.45) is 4.99 Å². The summed E-state index contributed by atoms with van der Waals surface area (Å²) in [4.78, 5) is 32.9. The fourth-order valence-corrected chi connectivity index (χ4v) is 7.36. The molecule has 0 saturated carbocycles. The lowest BCUT2D eigenvalue weighted by atomic mass is 9.95. The van der Waals surface area contributed by atoms with E-state index in [0.29, 0.717) is 59.2 Å². The molecule has 0 unspecified atom stereocenters. The zero-order valence-corrected chi connectivity index (χ0v) is 31.5. The summed E-state index contributed by atoms with van der Waals surface area (Å²) in [6, 6.07) is 13.4. The summed E-state index contributed by atoms with van der Waals surface area (Å²) in [6.45, 7) is 7.61. The van der Waals surface area contributed by atoms with Crippen molar-refractivity contribution in [1.82, 2.24) is 4.57 Å². The largest absolute Gasteiger partial charge is 0.493 e. The summed E-state index contributed by atoms with van der Waals surface area (Å²) in [7, 11) is 3.10. The van der Waals surface area contributed by atoms with Gasteiger partial charge in [0, 0.05) is 24.7 Å². The second-order valence-electron chi connectivity index (χ2n) is 10.9. The Bertz CT molecular complexity index is 2090. The van der Waals surface area contributed by atoms with Crippen molar-refractivity contribution >= 4 is 69.2 Å². The van der Waals surface area contributed by atoms with Gasteiger partial charge in [0.2, 0.25) is 0 Å². The van der Waals surface area contributed by atoms with Crippen LogP contribution in [0.5, 0.6) is 23.0 Å². The fraction of sp³-hybridized carbons (Fsp3) is 0.286. The molecule has 0 radical (unpaired) electrons. The molecule has 0 bridgehead atoms. The number of hydrogen-bond acceptors (Lipinski definition) is 9. The molecular formula is C35H33Cl2IN2O7S. The van der Waals surface area contributed by atoms with E-state index in [0.717, 1.165) is 9.13 Å². The number of nitrogens with zero attached hydrogens (tertiary/aromatic N) is 2. The lowest BCUT2D eigenvalue weighted by Gasteiger charge is -2.25. The third-order valence-electron chi connectivity index (χ3n) is 7.33. The number of allylic oxidation sites excluding steroid dienone is 1. The molecule has 3 aromatic carbocycles. The Morgan fingerprint density at radius 1 is 1.06 bits per heavy atom. The highest BCUT2D eigenvalue weighted by Gasteiger charge is 2.34. The lowest BCUT2D eigenvalue weighted by molar-refractivity contribution is -0.139. The normalized spacial score (nSPS) is 14.5. The van der Waals surface area contributed by atoms with E-state index in [1.54, 1.807) is 64.5 Å². The predicted octanol–water partition coefficient (Wildman–Crippen LogP) is 7.09. The van der Waals surface area contributed by atoms with Crippen LogP contribution in [0.1, 0.15) is 50.4 Å². The van der Waals surface area contributed by atoms with Gasteiger partial charge in [0.15, 0.2) is 27.8 Å². The van der Waals surface area contributed by atoms with E-state index in [4.69, 9.17) is 51.9 Å². The molecule has 1 atom stereocenters. The van der Waals surface area contributed by atoms with Gasteiger partial charge in [0.1, 0.15) is 6.61 Å². The van der Waals surface area contributed by atoms with Crippen molar-refractivity contribution in [2.45, 2.75) is 46.4 Å². The van der Waals surface area contributed by atoms with Gasteiger partial charge in [-0.1, -0.05) is 46.7 Å². The van der Waals surface area contributed by atoms with E-state index in [1.807, 2.05) is 32.0 Å². The van der Waals surface area contributed by atoms with Crippen molar-refractivity contribution in [2.75, 3.05) is 20.8 Å². The summed E-state index contributed by atoms with van der Waals surface area (Å²) in [6.07, 6.45) is 1.66. The van der Waals surface area contributed by atoms with Gasteiger partial charge < -0.3 is 23.7 Å². The minimum Gasteiger partial charge on any atom is -0.493 e. The van der Waals surface area contributed by atoms with E-state index in [2.05, 4.69) is 22.6 Å². The highest BCUT2D eigenvalue weighted by Crippen LogP contribution is 2.38. The molecule has 48 heavy (non-hydrogen) atoms. The van der Waals surface area contributed by atoms with Crippen LogP contribution in [0.15, 0.2) is 69.6 Å². The molecule has 1 aliphatic rings. The molecule has 0 amide bonds. The Morgan fingerprint density at radius 2 is 1.81 bits per heavy atom. The van der Waals surface area contributed by atoms with Gasteiger partial charge in [0.25, 0.3) is 5.56 Å². The van der Waals surface area contributed by atoms with Crippen LogP contribution in [-0.2, 0) is 16.1 Å². The molecule has 1 aromatic heterocycles. The Kier molecular flexibility index (Phi) is 11.4. The Labute approximate surface area is 305 Å². The van der Waals surface area contributed by atoms with Crippen LogP contribution in [-0.4, -0.2) is 37.5 Å². The van der Waals surface area contributed by atoms with Gasteiger partial charge in [-0.15, -0.1) is 0 Å². The number of halogens is 3. The number of rotatable bonds is 11. The standard InChI is InChI=1S/C35H33Cl2IN2O7S/c1-7-45-34(42)30-19(4)39-35-40(31(30)20-9-11-26(47-18(2)3)27(13-20)43-5)33(41)29(48-35)14-22-12-24(38)16-28(44-6)32(22)46-17-21-8-10-23(36)15-25(21)37/h8-16,18,31H,7,17H2,1-6H3/b29-14+/t31-/m0/s1. The topological polar surface area (TPSA) is 97.6 Å². The predicted molar refractivity (Wildman–Crippen MR) is 196 cm³/mol. The van der Waals surface area contributed by atoms with Crippen molar-refractivity contribution in [3.05, 3.63) is 110 Å². The van der Waals surface area contributed by atoms with E-state index < -0.39 is 12.0 Å². The van der Waals surface area contributed by atoms with E-state index in [1.165, 1.54) is 15.9 Å². The zero-order chi connectivity index (χ0) is 34.7. The number of ether oxygens (including phenoxy) is 5. The van der Waals surface area contributed by atoms with Gasteiger partial charge in [-0.25, -0.2) is 9.79 Å². The minimum absolute atomic E-state index is 0.0867. The van der Waals surface area contributed by atoms with Crippen LogP contribution >= 0.6 is 57.1 Å². The first-order valence-electron chi connectivity index (χ1n) is 14.9. The number of aromatic nitrogens is 1. The average Bonchev–Trinajstić information content (AvgIpc) is 3.34. The smallest absolute Gasteiger partial charge is 0.338 e. The summed E-state index contributed by atoms with van der Waals surface area (Å²) in [5, 5.41) is 0.986. The van der Waals surface area contributed by atoms with Crippen LogP contribution in [0.2, 0.25) is 10.0 Å². The number of benzene rings is 3. The highest BCUT2D eigenvalue weighted by atomic mass is 127.